The van der Waals surface area contributed by atoms with Gasteiger partial charge in [0.1, 0.15) is 16.8 Å². The lowest BCUT2D eigenvalue weighted by molar-refractivity contribution is -0.151. The Bertz CT molecular complexity index is 638. The van der Waals surface area contributed by atoms with Gasteiger partial charge in [0.2, 0.25) is 5.91 Å². The molecule has 0 aromatic heterocycles. The van der Waals surface area contributed by atoms with E-state index >= 15 is 0 Å². The van der Waals surface area contributed by atoms with E-state index in [1.165, 1.54) is 6.92 Å². The lowest BCUT2D eigenvalue weighted by Crippen LogP contribution is -2.55. The molecule has 6 heteroatoms. The topological polar surface area (TPSA) is 66.9 Å². The second-order valence-corrected chi connectivity index (χ2v) is 11.2. The van der Waals surface area contributed by atoms with Crippen molar-refractivity contribution in [2.45, 2.75) is 105 Å². The number of carbonyl (C=O) groups excluding carboxylic acids is 3. The SMILES string of the molecule is CC(=O)C(C)(C)C(=O)N(C1CCC(C)(C)CC1)C1CCN(C(=O)OC(C)(C)C)C1. The number of Topliss-reactive ketones (excluding diaryl/α,β-unsaturated/α-hetero) is 1. The average molecular weight is 409 g/mol. The van der Waals surface area contributed by atoms with Crippen LogP contribution >= 0.6 is 0 Å². The first kappa shape index (κ1) is 23.7. The van der Waals surface area contributed by atoms with Crippen LogP contribution in [0, 0.1) is 10.8 Å². The van der Waals surface area contributed by atoms with Crippen molar-refractivity contribution in [2.75, 3.05) is 13.1 Å². The Morgan fingerprint density at radius 3 is 2.00 bits per heavy atom. The van der Waals surface area contributed by atoms with Gasteiger partial charge in [-0.2, -0.15) is 0 Å². The van der Waals surface area contributed by atoms with Crippen molar-refractivity contribution in [1.29, 1.82) is 0 Å². The van der Waals surface area contributed by atoms with Crippen molar-refractivity contribution in [3.8, 4) is 0 Å². The number of hydrogen-bond acceptors (Lipinski definition) is 4. The highest BCUT2D eigenvalue weighted by molar-refractivity contribution is 6.04. The van der Waals surface area contributed by atoms with Gasteiger partial charge in [-0.1, -0.05) is 13.8 Å². The number of nitrogens with zero attached hydrogens (tertiary/aromatic N) is 2. The molecule has 0 spiro atoms. The van der Waals surface area contributed by atoms with E-state index in [0.29, 0.717) is 18.5 Å². The molecule has 29 heavy (non-hydrogen) atoms. The van der Waals surface area contributed by atoms with Gasteiger partial charge in [0.25, 0.3) is 0 Å². The van der Waals surface area contributed by atoms with Crippen molar-refractivity contribution in [1.82, 2.24) is 9.80 Å². The summed E-state index contributed by atoms with van der Waals surface area (Å²) in [7, 11) is 0. The van der Waals surface area contributed by atoms with Gasteiger partial charge in [-0.25, -0.2) is 4.79 Å². The first-order valence-corrected chi connectivity index (χ1v) is 11.0. The van der Waals surface area contributed by atoms with E-state index in [-0.39, 0.29) is 29.9 Å². The second-order valence-electron chi connectivity index (χ2n) is 11.2. The van der Waals surface area contributed by atoms with Crippen LogP contribution in [0.25, 0.3) is 0 Å². The standard InChI is InChI=1S/C23H40N2O4/c1-16(26)23(7,8)19(27)25(17-9-12-22(5,6)13-10-17)18-11-14-24(15-18)20(28)29-21(2,3)4/h17-18H,9-15H2,1-8H3. The zero-order valence-electron chi connectivity index (χ0n) is 19.6. The fourth-order valence-corrected chi connectivity index (χ4v) is 4.23. The average Bonchev–Trinajstić information content (AvgIpc) is 3.04. The van der Waals surface area contributed by atoms with Gasteiger partial charge in [0.05, 0.1) is 6.04 Å². The molecule has 1 saturated carbocycles. The van der Waals surface area contributed by atoms with E-state index in [0.717, 1.165) is 32.1 Å². The zero-order chi connectivity index (χ0) is 22.2. The molecule has 1 heterocycles. The summed E-state index contributed by atoms with van der Waals surface area (Å²) in [6, 6.07) is 0.0533. The molecule has 2 rings (SSSR count). The molecule has 0 N–H and O–H groups in total. The molecule has 0 aromatic rings. The maximum Gasteiger partial charge on any atom is 0.410 e. The van der Waals surface area contributed by atoms with Crippen LogP contribution in [0.3, 0.4) is 0 Å². The molecule has 1 atom stereocenters. The van der Waals surface area contributed by atoms with Crippen LogP contribution in [0.2, 0.25) is 0 Å². The van der Waals surface area contributed by atoms with Crippen LogP contribution in [0.4, 0.5) is 4.79 Å². The largest absolute Gasteiger partial charge is 0.444 e. The second kappa shape index (κ2) is 8.27. The molecule has 2 amide bonds. The molecular formula is C23H40N2O4. The highest BCUT2D eigenvalue weighted by Crippen LogP contribution is 2.39. The Labute approximate surface area is 176 Å². The van der Waals surface area contributed by atoms with E-state index in [1.807, 2.05) is 25.7 Å². The van der Waals surface area contributed by atoms with E-state index < -0.39 is 11.0 Å². The summed E-state index contributed by atoms with van der Waals surface area (Å²) in [4.78, 5) is 41.9. The number of ether oxygens (including phenoxy) is 1. The highest BCUT2D eigenvalue weighted by Gasteiger charge is 2.45. The lowest BCUT2D eigenvalue weighted by atomic mass is 9.74. The molecule has 166 valence electrons. The normalized spacial score (nSPS) is 23.0. The Morgan fingerprint density at radius 2 is 1.52 bits per heavy atom. The maximum atomic E-state index is 13.5. The van der Waals surface area contributed by atoms with Crippen molar-refractivity contribution in [2.24, 2.45) is 10.8 Å². The Balaban J connectivity index is 2.21. The third kappa shape index (κ3) is 5.73. The predicted octanol–water partition coefficient (Wildman–Crippen LogP) is 4.41. The van der Waals surface area contributed by atoms with Gasteiger partial charge >= 0.3 is 6.09 Å². The summed E-state index contributed by atoms with van der Waals surface area (Å²) in [5.74, 6) is -0.226. The molecule has 0 aromatic carbocycles. The van der Waals surface area contributed by atoms with Crippen LogP contribution in [0.15, 0.2) is 0 Å². The minimum absolute atomic E-state index is 0.0696. The number of ketones is 1. The van der Waals surface area contributed by atoms with Gasteiger partial charge in [0, 0.05) is 19.1 Å². The van der Waals surface area contributed by atoms with Crippen LogP contribution in [0.5, 0.6) is 0 Å². The zero-order valence-corrected chi connectivity index (χ0v) is 19.6. The fraction of sp³-hybridized carbons (Fsp3) is 0.870. The summed E-state index contributed by atoms with van der Waals surface area (Å²) in [6.07, 6.45) is 4.39. The first-order chi connectivity index (χ1) is 13.1. The van der Waals surface area contributed by atoms with Crippen LogP contribution in [0.1, 0.15) is 87.5 Å². The summed E-state index contributed by atoms with van der Waals surface area (Å²) >= 11 is 0. The van der Waals surface area contributed by atoms with Gasteiger partial charge in [0.15, 0.2) is 0 Å². The third-order valence-electron chi connectivity index (χ3n) is 6.56. The minimum atomic E-state index is -1.05. The first-order valence-electron chi connectivity index (χ1n) is 11.0. The number of hydrogen-bond donors (Lipinski definition) is 0. The summed E-state index contributed by atoms with van der Waals surface area (Å²) < 4.78 is 5.52. The molecule has 0 radical (unpaired) electrons. The van der Waals surface area contributed by atoms with E-state index in [4.69, 9.17) is 4.74 Å². The smallest absolute Gasteiger partial charge is 0.410 e. The summed E-state index contributed by atoms with van der Waals surface area (Å²) in [5.41, 5.74) is -1.30. The molecule has 2 aliphatic rings. The quantitative estimate of drug-likeness (QED) is 0.646. The Morgan fingerprint density at radius 1 is 0.966 bits per heavy atom. The molecule has 1 aliphatic carbocycles. The van der Waals surface area contributed by atoms with Crippen LogP contribution in [-0.4, -0.2) is 58.4 Å². The van der Waals surface area contributed by atoms with Gasteiger partial charge < -0.3 is 14.5 Å². The van der Waals surface area contributed by atoms with E-state index in [1.54, 1.807) is 18.7 Å². The molecule has 6 nitrogen and oxygen atoms in total. The maximum absolute atomic E-state index is 13.5. The molecule has 1 unspecified atom stereocenters. The van der Waals surface area contributed by atoms with Gasteiger partial charge in [-0.3, -0.25) is 9.59 Å². The number of likely N-dealkylation sites (tertiary alicyclic amines) is 1. The van der Waals surface area contributed by atoms with Crippen molar-refractivity contribution < 1.29 is 19.1 Å². The van der Waals surface area contributed by atoms with Crippen LogP contribution < -0.4 is 0 Å². The fourth-order valence-electron chi connectivity index (χ4n) is 4.23. The minimum Gasteiger partial charge on any atom is -0.444 e. The van der Waals surface area contributed by atoms with Gasteiger partial charge in [-0.15, -0.1) is 0 Å². The molecule has 1 saturated heterocycles. The molecular weight excluding hydrogens is 368 g/mol. The number of rotatable bonds is 4. The predicted molar refractivity (Wildman–Crippen MR) is 114 cm³/mol. The highest BCUT2D eigenvalue weighted by atomic mass is 16.6. The van der Waals surface area contributed by atoms with Crippen molar-refractivity contribution in [3.63, 3.8) is 0 Å². The van der Waals surface area contributed by atoms with Crippen molar-refractivity contribution >= 4 is 17.8 Å². The molecule has 0 bridgehead atoms. The molecule has 2 fully saturated rings. The molecule has 1 aliphatic heterocycles. The number of carbonyl (C=O) groups is 3. The Kier molecular flexibility index (Phi) is 6.75. The summed E-state index contributed by atoms with van der Waals surface area (Å²) in [6.45, 7) is 16.1. The van der Waals surface area contributed by atoms with E-state index in [2.05, 4.69) is 13.8 Å². The number of amides is 2. The monoisotopic (exact) mass is 408 g/mol. The van der Waals surface area contributed by atoms with Gasteiger partial charge in [-0.05, 0) is 79.1 Å². The van der Waals surface area contributed by atoms with Crippen molar-refractivity contribution in [3.05, 3.63) is 0 Å². The van der Waals surface area contributed by atoms with E-state index in [9.17, 15) is 14.4 Å². The third-order valence-corrected chi connectivity index (χ3v) is 6.56. The Hall–Kier alpha value is -1.59. The van der Waals surface area contributed by atoms with Crippen LogP contribution in [-0.2, 0) is 14.3 Å². The summed E-state index contributed by atoms with van der Waals surface area (Å²) in [5, 5.41) is 0. The lowest BCUT2D eigenvalue weighted by Gasteiger charge is -2.45.